The maximum Gasteiger partial charge on any atom is 0.166 e. The number of benzene rings is 1. The van der Waals surface area contributed by atoms with Crippen LogP contribution in [-0.4, -0.2) is 45.9 Å². The molecule has 0 aromatic heterocycles. The van der Waals surface area contributed by atoms with Crippen molar-refractivity contribution in [3.63, 3.8) is 0 Å². The molecule has 6 rings (SSSR count). The topological polar surface area (TPSA) is 52.9 Å². The Morgan fingerprint density at radius 1 is 1.36 bits per heavy atom. The average molecular weight is 343 g/mol. The molecule has 2 aliphatic heterocycles. The van der Waals surface area contributed by atoms with Crippen molar-refractivity contribution in [1.82, 2.24) is 4.90 Å². The van der Waals surface area contributed by atoms with Crippen LogP contribution >= 0.6 is 0 Å². The first-order valence-electron chi connectivity index (χ1n) is 11.2. The Bertz CT molecular complexity index is 951. The molecule has 4 nitrogen and oxygen atoms in total. The van der Waals surface area contributed by atoms with E-state index < -0.39 is 29.7 Å². The van der Waals surface area contributed by atoms with E-state index in [1.807, 2.05) is 6.07 Å². The molecule has 0 amide bonds. The third-order valence-corrected chi connectivity index (χ3v) is 7.29. The molecular weight excluding hydrogens is 314 g/mol. The molecule has 2 heterocycles. The molecule has 3 aliphatic carbocycles. The highest BCUT2D eigenvalue weighted by Gasteiger charge is 2.71. The van der Waals surface area contributed by atoms with Crippen molar-refractivity contribution < 1.29 is 20.4 Å². The van der Waals surface area contributed by atoms with Crippen LogP contribution in [0.3, 0.4) is 0 Å². The lowest BCUT2D eigenvalue weighted by molar-refractivity contribution is -0.174. The van der Waals surface area contributed by atoms with Crippen LogP contribution in [-0.2, 0) is 11.8 Å². The lowest BCUT2D eigenvalue weighted by atomic mass is 9.48. The Hall–Kier alpha value is -1.52. The van der Waals surface area contributed by atoms with Crippen molar-refractivity contribution in [3.05, 3.63) is 35.4 Å². The summed E-state index contributed by atoms with van der Waals surface area (Å²) in [4.78, 5) is 2.11. The van der Waals surface area contributed by atoms with Gasteiger partial charge in [0.15, 0.2) is 11.5 Å². The van der Waals surface area contributed by atoms with Crippen LogP contribution in [0, 0.1) is 5.92 Å². The van der Waals surface area contributed by atoms with Gasteiger partial charge >= 0.3 is 0 Å². The zero-order chi connectivity index (χ0) is 20.6. The van der Waals surface area contributed by atoms with Gasteiger partial charge in [0.1, 0.15) is 6.10 Å². The Morgan fingerprint density at radius 3 is 3.00 bits per heavy atom. The Balaban J connectivity index is 1.47. The largest absolute Gasteiger partial charge is 0.504 e. The Morgan fingerprint density at radius 2 is 2.20 bits per heavy atom. The smallest absolute Gasteiger partial charge is 0.166 e. The third-order valence-electron chi connectivity index (χ3n) is 7.29. The molecule has 3 fully saturated rings. The van der Waals surface area contributed by atoms with Gasteiger partial charge < -0.3 is 14.9 Å². The van der Waals surface area contributed by atoms with Crippen molar-refractivity contribution >= 4 is 0 Å². The van der Waals surface area contributed by atoms with Gasteiger partial charge in [0.05, 0.1) is 11.0 Å². The zero-order valence-electron chi connectivity index (χ0n) is 18.1. The summed E-state index contributed by atoms with van der Waals surface area (Å²) in [5.41, 5.74) is 1.21. The number of aromatic hydroxyl groups is 1. The van der Waals surface area contributed by atoms with E-state index in [1.54, 1.807) is 6.07 Å². The molecule has 1 aromatic rings. The van der Waals surface area contributed by atoms with Crippen LogP contribution in [0.2, 0.25) is 0 Å². The van der Waals surface area contributed by atoms with E-state index in [0.29, 0.717) is 44.5 Å². The van der Waals surface area contributed by atoms with Crippen molar-refractivity contribution in [1.29, 1.82) is 0 Å². The van der Waals surface area contributed by atoms with Gasteiger partial charge in [-0.3, -0.25) is 4.90 Å². The predicted molar refractivity (Wildman–Crippen MR) is 93.9 cm³/mol. The van der Waals surface area contributed by atoms with Crippen LogP contribution in [0.1, 0.15) is 48.6 Å². The molecule has 1 spiro atoms. The van der Waals surface area contributed by atoms with Crippen LogP contribution in [0.25, 0.3) is 0 Å². The average Bonchev–Trinajstić information content (AvgIpc) is 2.93. The lowest BCUT2D eigenvalue weighted by Gasteiger charge is -2.63. The Kier molecular flexibility index (Phi) is 1.99. The van der Waals surface area contributed by atoms with Gasteiger partial charge in [-0.15, -0.1) is 0 Å². The molecule has 1 saturated heterocycles. The summed E-state index contributed by atoms with van der Waals surface area (Å²) < 4.78 is 38.2. The summed E-state index contributed by atoms with van der Waals surface area (Å²) >= 11 is 0. The maximum atomic E-state index is 12.2. The highest BCUT2D eigenvalue weighted by molar-refractivity contribution is 5.63. The molecule has 4 atom stereocenters. The summed E-state index contributed by atoms with van der Waals surface area (Å²) in [6, 6.07) is 3.32. The van der Waals surface area contributed by atoms with Crippen LogP contribution in [0.5, 0.6) is 11.5 Å². The van der Waals surface area contributed by atoms with E-state index in [4.69, 9.17) is 10.2 Å². The second-order valence-corrected chi connectivity index (χ2v) is 8.31. The fraction of sp³-hybridized carbons (Fsp3) is 0.619. The molecule has 25 heavy (non-hydrogen) atoms. The number of hydrogen-bond acceptors (Lipinski definition) is 4. The van der Waals surface area contributed by atoms with Crippen molar-refractivity contribution in [2.24, 2.45) is 5.92 Å². The number of piperidine rings is 1. The van der Waals surface area contributed by atoms with Gasteiger partial charge in [-0.2, -0.15) is 0 Å². The molecular formula is C21H25NO3. The predicted octanol–water partition coefficient (Wildman–Crippen LogP) is 2.51. The molecule has 2 N–H and O–H groups in total. The number of ether oxygens (including phenoxy) is 1. The lowest BCUT2D eigenvalue weighted by Crippen LogP contribution is -2.75. The van der Waals surface area contributed by atoms with E-state index in [0.717, 1.165) is 16.7 Å². The molecule has 1 aromatic carbocycles. The van der Waals surface area contributed by atoms with Gasteiger partial charge in [0, 0.05) is 23.6 Å². The molecule has 0 unspecified atom stereocenters. The quantitative estimate of drug-likeness (QED) is 0.810. The molecule has 132 valence electrons. The summed E-state index contributed by atoms with van der Waals surface area (Å²) in [5.74, 6) is -0.0998. The standard InChI is InChI=1S/C21H25NO3/c1-12-6-7-21(24)16-10-14-4-5-15(23)18-17(14)20(21,19(12)25-18)8-9-22(16)11-13-2-3-13/h4-5,13,16,19,23-24H,1-3,6-11H2/t16-,19+,20+,21-/m1/s1/i2D2,3D2. The van der Waals surface area contributed by atoms with Crippen molar-refractivity contribution in [2.45, 2.75) is 61.6 Å². The SMILES string of the molecule is [2H]C1([2H])C(CN2CC[C@]34c5c6ccc(O)c5O[C@H]3C(=C)CC[C@@]4(O)[C@H]2C6)C1([2H])[2H]. The summed E-state index contributed by atoms with van der Waals surface area (Å²) in [6.07, 6.45) is -1.62. The number of phenolic OH excluding ortho intramolecular Hbond substituents is 1. The fourth-order valence-electron chi connectivity index (χ4n) is 6.14. The maximum absolute atomic E-state index is 12.2. The number of aliphatic hydroxyl groups is 1. The molecule has 0 radical (unpaired) electrons. The van der Waals surface area contributed by atoms with Crippen LogP contribution in [0.15, 0.2) is 24.3 Å². The number of nitrogens with zero attached hydrogens (tertiary/aromatic N) is 1. The van der Waals surface area contributed by atoms with Crippen LogP contribution < -0.4 is 4.74 Å². The first-order chi connectivity index (χ1) is 13.6. The minimum absolute atomic E-state index is 0.0999. The van der Waals surface area contributed by atoms with Gasteiger partial charge in [-0.05, 0) is 68.1 Å². The first kappa shape index (κ1) is 11.2. The highest BCUT2D eigenvalue weighted by Crippen LogP contribution is 2.66. The minimum atomic E-state index is -1.82. The second-order valence-electron chi connectivity index (χ2n) is 8.31. The van der Waals surface area contributed by atoms with Gasteiger partial charge in [-0.1, -0.05) is 12.6 Å². The van der Waals surface area contributed by atoms with E-state index in [9.17, 15) is 10.2 Å². The second kappa shape index (κ2) is 4.41. The first-order valence-corrected chi connectivity index (χ1v) is 9.22. The van der Waals surface area contributed by atoms with Crippen molar-refractivity contribution in [3.8, 4) is 11.5 Å². The van der Waals surface area contributed by atoms with Crippen LogP contribution in [0.4, 0.5) is 0 Å². The van der Waals surface area contributed by atoms with Gasteiger partial charge in [0.25, 0.3) is 0 Å². The highest BCUT2D eigenvalue weighted by atomic mass is 16.5. The minimum Gasteiger partial charge on any atom is -0.504 e. The van der Waals surface area contributed by atoms with Crippen molar-refractivity contribution in [2.75, 3.05) is 13.1 Å². The summed E-state index contributed by atoms with van der Waals surface area (Å²) in [6.45, 7) is 5.15. The molecule has 5 aliphatic rings. The van der Waals surface area contributed by atoms with E-state index in [-0.39, 0.29) is 17.9 Å². The van der Waals surface area contributed by atoms with E-state index >= 15 is 0 Å². The third kappa shape index (κ3) is 1.57. The van der Waals surface area contributed by atoms with Gasteiger partial charge in [-0.25, -0.2) is 0 Å². The summed E-state index contributed by atoms with van der Waals surface area (Å²) in [7, 11) is 0. The number of hydrogen-bond donors (Lipinski definition) is 2. The van der Waals surface area contributed by atoms with E-state index in [2.05, 4.69) is 11.5 Å². The molecule has 4 heteroatoms. The van der Waals surface area contributed by atoms with E-state index in [1.165, 1.54) is 0 Å². The fourth-order valence-corrected chi connectivity index (χ4v) is 6.14. The normalized spacial score (nSPS) is 47.8. The zero-order valence-corrected chi connectivity index (χ0v) is 14.1. The number of likely N-dealkylation sites (tertiary alicyclic amines) is 1. The molecule has 2 bridgehead atoms. The van der Waals surface area contributed by atoms with Gasteiger partial charge in [0.2, 0.25) is 0 Å². The Labute approximate surface area is 153 Å². The monoisotopic (exact) mass is 343 g/mol. The number of rotatable bonds is 2. The number of phenols is 1. The molecule has 2 saturated carbocycles. The summed E-state index contributed by atoms with van der Waals surface area (Å²) in [5, 5.41) is 22.6.